The molecule has 2 aromatic carbocycles. The number of carbonyl (C=O) groups excluding carboxylic acids is 2. The molecule has 4 rings (SSSR count). The summed E-state index contributed by atoms with van der Waals surface area (Å²) in [5, 5.41) is 10.6. The van der Waals surface area contributed by atoms with Gasteiger partial charge in [-0.1, -0.05) is 56.3 Å². The zero-order valence-corrected chi connectivity index (χ0v) is 19.0. The van der Waals surface area contributed by atoms with E-state index in [1.54, 1.807) is 16.9 Å². The van der Waals surface area contributed by atoms with E-state index in [9.17, 15) is 14.7 Å². The van der Waals surface area contributed by atoms with Gasteiger partial charge in [-0.25, -0.2) is 0 Å². The van der Waals surface area contributed by atoms with E-state index in [0.717, 1.165) is 16.9 Å². The maximum absolute atomic E-state index is 14.1. The maximum atomic E-state index is 14.1. The number of hydrogen-bond donors (Lipinski definition) is 1. The number of ether oxygens (including phenoxy) is 1. The van der Waals surface area contributed by atoms with Crippen molar-refractivity contribution in [2.24, 2.45) is 5.92 Å². The topological polar surface area (TPSA) is 70.1 Å². The van der Waals surface area contributed by atoms with Crippen molar-refractivity contribution < 1.29 is 19.4 Å². The number of carbonyl (C=O) groups is 2. The molecule has 0 aliphatic carbocycles. The van der Waals surface area contributed by atoms with E-state index in [-0.39, 0.29) is 30.7 Å². The number of aliphatic hydroxyl groups excluding tert-OH is 1. The Hall–Kier alpha value is -2.86. The van der Waals surface area contributed by atoms with Gasteiger partial charge in [0, 0.05) is 25.9 Å². The van der Waals surface area contributed by atoms with Crippen molar-refractivity contribution >= 4 is 11.8 Å². The second kappa shape index (κ2) is 8.94. The molecular formula is C26H32N2O4. The lowest BCUT2D eigenvalue weighted by Gasteiger charge is -2.49. The monoisotopic (exact) mass is 436 g/mol. The summed E-state index contributed by atoms with van der Waals surface area (Å²) in [5.74, 6) is 0.873. The number of aliphatic hydroxyl groups is 1. The largest absolute Gasteiger partial charge is 0.497 e. The summed E-state index contributed by atoms with van der Waals surface area (Å²) in [5.41, 5.74) is 0.870. The van der Waals surface area contributed by atoms with Gasteiger partial charge in [0.25, 0.3) is 0 Å². The van der Waals surface area contributed by atoms with Crippen LogP contribution in [-0.2, 0) is 22.6 Å². The fourth-order valence-electron chi connectivity index (χ4n) is 5.14. The molecule has 3 atom stereocenters. The molecule has 2 aromatic rings. The summed E-state index contributed by atoms with van der Waals surface area (Å²) < 4.78 is 5.25. The van der Waals surface area contributed by atoms with Crippen LogP contribution in [0.1, 0.15) is 37.8 Å². The van der Waals surface area contributed by atoms with Crippen LogP contribution in [0.5, 0.6) is 5.75 Å². The summed E-state index contributed by atoms with van der Waals surface area (Å²) in [4.78, 5) is 31.3. The maximum Gasteiger partial charge on any atom is 0.249 e. The van der Waals surface area contributed by atoms with Crippen molar-refractivity contribution in [2.45, 2.75) is 57.3 Å². The predicted octanol–water partition coefficient (Wildman–Crippen LogP) is 3.03. The number of piperazine rings is 1. The Morgan fingerprint density at radius 3 is 2.38 bits per heavy atom. The van der Waals surface area contributed by atoms with Crippen molar-refractivity contribution in [1.82, 2.24) is 9.80 Å². The van der Waals surface area contributed by atoms with Crippen LogP contribution in [0.4, 0.5) is 0 Å². The summed E-state index contributed by atoms with van der Waals surface area (Å²) >= 11 is 0. The average Bonchev–Trinajstić information content (AvgIpc) is 3.13. The number of amides is 2. The number of nitrogens with zero attached hydrogens (tertiary/aromatic N) is 2. The highest BCUT2D eigenvalue weighted by Gasteiger charge is 2.60. The zero-order chi connectivity index (χ0) is 22.9. The first-order valence-electron chi connectivity index (χ1n) is 11.3. The van der Waals surface area contributed by atoms with Crippen molar-refractivity contribution in [1.29, 1.82) is 0 Å². The van der Waals surface area contributed by atoms with E-state index in [2.05, 4.69) is 13.8 Å². The molecule has 1 unspecified atom stereocenters. The van der Waals surface area contributed by atoms with Gasteiger partial charge in [0.05, 0.1) is 13.2 Å². The molecule has 0 aromatic heterocycles. The minimum atomic E-state index is -1.06. The minimum Gasteiger partial charge on any atom is -0.497 e. The Balaban J connectivity index is 1.73. The van der Waals surface area contributed by atoms with Gasteiger partial charge in [0.2, 0.25) is 11.8 Å². The lowest BCUT2D eigenvalue weighted by molar-refractivity contribution is -0.169. The van der Waals surface area contributed by atoms with E-state index < -0.39 is 17.7 Å². The van der Waals surface area contributed by atoms with Crippen LogP contribution in [0.2, 0.25) is 0 Å². The average molecular weight is 437 g/mol. The molecular weight excluding hydrogens is 404 g/mol. The molecule has 170 valence electrons. The first-order valence-corrected chi connectivity index (χ1v) is 11.3. The Morgan fingerprint density at radius 2 is 1.75 bits per heavy atom. The Bertz CT molecular complexity index is 960. The van der Waals surface area contributed by atoms with E-state index in [0.29, 0.717) is 19.4 Å². The van der Waals surface area contributed by atoms with Crippen LogP contribution in [0.15, 0.2) is 54.6 Å². The number of methoxy groups -OCH3 is 1. The first-order chi connectivity index (χ1) is 15.3. The Labute approximate surface area is 189 Å². The number of hydrogen-bond acceptors (Lipinski definition) is 4. The molecule has 0 saturated carbocycles. The number of β-amino-alcohol motifs (C(OH)–C–C–N with tert-alkyl or cyclic N) is 1. The quantitative estimate of drug-likeness (QED) is 0.724. The van der Waals surface area contributed by atoms with Gasteiger partial charge in [-0.15, -0.1) is 0 Å². The van der Waals surface area contributed by atoms with Gasteiger partial charge >= 0.3 is 0 Å². The SMILES string of the molecule is COc1ccc(CC23C[C@@H](O)CN2C(=O)[C@@H](CC(C)C)N(Cc2ccccc2)C3=O)cc1. The summed E-state index contributed by atoms with van der Waals surface area (Å²) in [6.07, 6.45) is 0.516. The van der Waals surface area contributed by atoms with Crippen LogP contribution < -0.4 is 4.74 Å². The number of rotatable bonds is 7. The number of fused-ring (bicyclic) bond motifs is 1. The van der Waals surface area contributed by atoms with Crippen molar-refractivity contribution in [3.05, 3.63) is 65.7 Å². The van der Waals surface area contributed by atoms with Crippen LogP contribution in [0.25, 0.3) is 0 Å². The predicted molar refractivity (Wildman–Crippen MR) is 122 cm³/mol. The van der Waals surface area contributed by atoms with E-state index in [4.69, 9.17) is 4.74 Å². The van der Waals surface area contributed by atoms with Crippen LogP contribution in [0, 0.1) is 5.92 Å². The molecule has 2 fully saturated rings. The van der Waals surface area contributed by atoms with Gasteiger partial charge in [-0.3, -0.25) is 9.59 Å². The molecule has 2 amide bonds. The third-order valence-electron chi connectivity index (χ3n) is 6.62. The molecule has 2 aliphatic rings. The summed E-state index contributed by atoms with van der Waals surface area (Å²) in [7, 11) is 1.61. The molecule has 1 N–H and O–H groups in total. The Morgan fingerprint density at radius 1 is 1.06 bits per heavy atom. The zero-order valence-electron chi connectivity index (χ0n) is 19.0. The van der Waals surface area contributed by atoms with Gasteiger partial charge in [0.15, 0.2) is 0 Å². The molecule has 2 heterocycles. The van der Waals surface area contributed by atoms with Gasteiger partial charge < -0.3 is 19.6 Å². The van der Waals surface area contributed by atoms with Crippen molar-refractivity contribution in [2.75, 3.05) is 13.7 Å². The minimum absolute atomic E-state index is 0.0562. The second-order valence-electron chi connectivity index (χ2n) is 9.43. The molecule has 0 bridgehead atoms. The van der Waals surface area contributed by atoms with Crippen LogP contribution in [0.3, 0.4) is 0 Å². The van der Waals surface area contributed by atoms with Gasteiger partial charge in [0.1, 0.15) is 17.3 Å². The molecule has 6 nitrogen and oxygen atoms in total. The first kappa shape index (κ1) is 22.3. The fourth-order valence-corrected chi connectivity index (χ4v) is 5.14. The second-order valence-corrected chi connectivity index (χ2v) is 9.43. The summed E-state index contributed by atoms with van der Waals surface area (Å²) in [6, 6.07) is 16.9. The highest BCUT2D eigenvalue weighted by Crippen LogP contribution is 2.41. The summed E-state index contributed by atoms with van der Waals surface area (Å²) in [6.45, 7) is 4.72. The van der Waals surface area contributed by atoms with Crippen LogP contribution in [-0.4, -0.2) is 58.1 Å². The molecule has 0 spiro atoms. The van der Waals surface area contributed by atoms with Crippen molar-refractivity contribution in [3.8, 4) is 5.75 Å². The molecule has 0 radical (unpaired) electrons. The molecule has 6 heteroatoms. The third-order valence-corrected chi connectivity index (χ3v) is 6.62. The molecule has 32 heavy (non-hydrogen) atoms. The van der Waals surface area contributed by atoms with E-state index in [1.165, 1.54) is 0 Å². The molecule has 2 saturated heterocycles. The highest BCUT2D eigenvalue weighted by molar-refractivity contribution is 6.00. The smallest absolute Gasteiger partial charge is 0.249 e. The normalized spacial score (nSPS) is 25.4. The lowest BCUT2D eigenvalue weighted by Crippen LogP contribution is -2.70. The van der Waals surface area contributed by atoms with Crippen LogP contribution >= 0.6 is 0 Å². The van der Waals surface area contributed by atoms with Crippen molar-refractivity contribution in [3.63, 3.8) is 0 Å². The van der Waals surface area contributed by atoms with Gasteiger partial charge in [-0.2, -0.15) is 0 Å². The standard InChI is InChI=1S/C26H32N2O4/c1-18(2)13-23-24(30)28-17-21(29)15-26(28,14-19-9-11-22(32-3)12-10-19)25(31)27(23)16-20-7-5-4-6-8-20/h4-12,18,21,23,29H,13-17H2,1-3H3/t21-,23-,26?/m1/s1. The Kier molecular flexibility index (Phi) is 6.24. The highest BCUT2D eigenvalue weighted by atomic mass is 16.5. The van der Waals surface area contributed by atoms with Gasteiger partial charge in [-0.05, 0) is 35.6 Å². The lowest BCUT2D eigenvalue weighted by atomic mass is 9.82. The third kappa shape index (κ3) is 4.11. The van der Waals surface area contributed by atoms with E-state index >= 15 is 0 Å². The number of benzene rings is 2. The van der Waals surface area contributed by atoms with E-state index in [1.807, 2.05) is 54.6 Å². The fraction of sp³-hybridized carbons (Fsp3) is 0.462. The molecule has 2 aliphatic heterocycles.